The molecule has 0 amide bonds. The summed E-state index contributed by atoms with van der Waals surface area (Å²) < 4.78 is 23.4. The first kappa shape index (κ1) is 11.6. The Hall–Kier alpha value is -0.910. The largest absolute Gasteiger partial charge is 0.387 e. The van der Waals surface area contributed by atoms with Crippen LogP contribution in [-0.4, -0.2) is 32.9 Å². The zero-order chi connectivity index (χ0) is 11.8. The second kappa shape index (κ2) is 4.16. The van der Waals surface area contributed by atoms with Crippen molar-refractivity contribution in [2.75, 3.05) is 19.3 Å². The van der Waals surface area contributed by atoms with Gasteiger partial charge >= 0.3 is 0 Å². The van der Waals surface area contributed by atoms with Crippen LogP contribution in [0.1, 0.15) is 17.2 Å². The van der Waals surface area contributed by atoms with E-state index in [1.54, 1.807) is 25.2 Å². The van der Waals surface area contributed by atoms with Crippen LogP contribution in [0.5, 0.6) is 0 Å². The maximum absolute atomic E-state index is 11.7. The van der Waals surface area contributed by atoms with Crippen LogP contribution in [0.3, 0.4) is 0 Å². The minimum absolute atomic E-state index is 0.158. The number of hydrogen-bond donors (Lipinski definition) is 2. The van der Waals surface area contributed by atoms with Crippen molar-refractivity contribution in [2.45, 2.75) is 17.4 Å². The first-order valence-electron chi connectivity index (χ1n) is 5.23. The zero-order valence-corrected chi connectivity index (χ0v) is 9.92. The molecule has 1 aliphatic heterocycles. The first-order chi connectivity index (χ1) is 7.56. The number of hydrogen-bond acceptors (Lipinski definition) is 4. The molecule has 4 nitrogen and oxygen atoms in total. The van der Waals surface area contributed by atoms with E-state index in [1.807, 2.05) is 0 Å². The van der Waals surface area contributed by atoms with Crippen LogP contribution >= 0.6 is 0 Å². The standard InChI is InChI=1S/C11H15NO3S/c1-12-7-10(13)8-3-2-4-11-9(8)5-6-16(11,14)15/h2-4,10,12-13H,5-7H2,1H3. The summed E-state index contributed by atoms with van der Waals surface area (Å²) in [5.74, 6) is 0.158. The van der Waals surface area contributed by atoms with E-state index >= 15 is 0 Å². The van der Waals surface area contributed by atoms with Gasteiger partial charge in [-0.1, -0.05) is 12.1 Å². The zero-order valence-electron chi connectivity index (χ0n) is 9.10. The first-order valence-corrected chi connectivity index (χ1v) is 6.88. The van der Waals surface area contributed by atoms with Gasteiger partial charge in [-0.15, -0.1) is 0 Å². The van der Waals surface area contributed by atoms with Gasteiger partial charge in [0.1, 0.15) is 0 Å². The van der Waals surface area contributed by atoms with E-state index in [9.17, 15) is 13.5 Å². The molecule has 2 N–H and O–H groups in total. The number of sulfone groups is 1. The fourth-order valence-electron chi connectivity index (χ4n) is 2.10. The average molecular weight is 241 g/mol. The van der Waals surface area contributed by atoms with Crippen LogP contribution in [0.25, 0.3) is 0 Å². The predicted octanol–water partition coefficient (Wildman–Crippen LogP) is 0.269. The number of aliphatic hydroxyl groups is 1. The number of aliphatic hydroxyl groups excluding tert-OH is 1. The van der Waals surface area contributed by atoms with E-state index in [0.717, 1.165) is 11.1 Å². The van der Waals surface area contributed by atoms with E-state index < -0.39 is 15.9 Å². The molecule has 0 saturated heterocycles. The average Bonchev–Trinajstić information content (AvgIpc) is 2.55. The number of fused-ring (bicyclic) bond motifs is 1. The molecule has 1 unspecified atom stereocenters. The lowest BCUT2D eigenvalue weighted by molar-refractivity contribution is 0.176. The van der Waals surface area contributed by atoms with Gasteiger partial charge in [-0.25, -0.2) is 8.42 Å². The summed E-state index contributed by atoms with van der Waals surface area (Å²) in [5.41, 5.74) is 1.51. The summed E-state index contributed by atoms with van der Waals surface area (Å²) in [6, 6.07) is 5.10. The van der Waals surface area contributed by atoms with E-state index in [4.69, 9.17) is 0 Å². The number of nitrogens with one attached hydrogen (secondary N) is 1. The molecule has 1 heterocycles. The molecule has 0 fully saturated rings. The molecule has 1 aromatic carbocycles. The predicted molar refractivity (Wildman–Crippen MR) is 61.1 cm³/mol. The Morgan fingerprint density at radius 2 is 2.25 bits per heavy atom. The van der Waals surface area contributed by atoms with Crippen molar-refractivity contribution in [1.82, 2.24) is 5.32 Å². The van der Waals surface area contributed by atoms with Gasteiger partial charge in [0.05, 0.1) is 16.8 Å². The quantitative estimate of drug-likeness (QED) is 0.797. The summed E-state index contributed by atoms with van der Waals surface area (Å²) in [7, 11) is -1.35. The Bertz CT molecular complexity index is 496. The number of rotatable bonds is 3. The van der Waals surface area contributed by atoms with E-state index in [2.05, 4.69) is 5.32 Å². The normalized spacial score (nSPS) is 19.4. The highest BCUT2D eigenvalue weighted by molar-refractivity contribution is 7.91. The second-order valence-corrected chi connectivity index (χ2v) is 6.04. The van der Waals surface area contributed by atoms with Gasteiger partial charge in [0.25, 0.3) is 0 Å². The third-order valence-electron chi connectivity index (χ3n) is 2.88. The smallest absolute Gasteiger partial charge is 0.178 e. The molecule has 1 aliphatic rings. The molecule has 1 aromatic rings. The Morgan fingerprint density at radius 3 is 2.94 bits per heavy atom. The molecule has 0 saturated carbocycles. The van der Waals surface area contributed by atoms with E-state index in [-0.39, 0.29) is 5.75 Å². The molecule has 0 spiro atoms. The van der Waals surface area contributed by atoms with Crippen molar-refractivity contribution in [3.05, 3.63) is 29.3 Å². The number of likely N-dealkylation sites (N-methyl/N-ethyl adjacent to an activating group) is 1. The molecular weight excluding hydrogens is 226 g/mol. The van der Waals surface area contributed by atoms with Crippen molar-refractivity contribution in [3.63, 3.8) is 0 Å². The van der Waals surface area contributed by atoms with Crippen LogP contribution in [-0.2, 0) is 16.3 Å². The maximum atomic E-state index is 11.7. The highest BCUT2D eigenvalue weighted by atomic mass is 32.2. The highest BCUT2D eigenvalue weighted by Crippen LogP contribution is 2.31. The maximum Gasteiger partial charge on any atom is 0.178 e. The lowest BCUT2D eigenvalue weighted by atomic mass is 10.0. The van der Waals surface area contributed by atoms with Gasteiger partial charge in [0, 0.05) is 6.54 Å². The van der Waals surface area contributed by atoms with Gasteiger partial charge in [0.15, 0.2) is 9.84 Å². The molecule has 0 radical (unpaired) electrons. The lowest BCUT2D eigenvalue weighted by Crippen LogP contribution is -2.17. The van der Waals surface area contributed by atoms with Crippen LogP contribution in [0.4, 0.5) is 0 Å². The van der Waals surface area contributed by atoms with E-state index in [0.29, 0.717) is 17.9 Å². The SMILES string of the molecule is CNCC(O)c1cccc2c1CCS2(=O)=O. The van der Waals surface area contributed by atoms with E-state index in [1.165, 1.54) is 0 Å². The van der Waals surface area contributed by atoms with Crippen molar-refractivity contribution in [3.8, 4) is 0 Å². The summed E-state index contributed by atoms with van der Waals surface area (Å²) in [5, 5.41) is 12.8. The Labute approximate surface area is 95.2 Å². The molecule has 2 rings (SSSR count). The number of benzene rings is 1. The summed E-state index contributed by atoms with van der Waals surface area (Å²) in [6.45, 7) is 0.427. The third-order valence-corrected chi connectivity index (χ3v) is 4.68. The molecule has 5 heteroatoms. The fourth-order valence-corrected chi connectivity index (χ4v) is 3.68. The second-order valence-electron chi connectivity index (χ2n) is 3.97. The fraction of sp³-hybridized carbons (Fsp3) is 0.455. The highest BCUT2D eigenvalue weighted by Gasteiger charge is 2.29. The van der Waals surface area contributed by atoms with Crippen molar-refractivity contribution in [2.24, 2.45) is 0 Å². The van der Waals surface area contributed by atoms with Crippen molar-refractivity contribution >= 4 is 9.84 Å². The minimum Gasteiger partial charge on any atom is -0.387 e. The van der Waals surface area contributed by atoms with Crippen molar-refractivity contribution < 1.29 is 13.5 Å². The molecule has 88 valence electrons. The molecule has 0 aromatic heterocycles. The summed E-state index contributed by atoms with van der Waals surface area (Å²) in [4.78, 5) is 0.389. The molecule has 0 aliphatic carbocycles. The minimum atomic E-state index is -3.11. The molecule has 0 bridgehead atoms. The Kier molecular flexibility index (Phi) is 3.01. The van der Waals surface area contributed by atoms with Crippen LogP contribution < -0.4 is 5.32 Å². The third kappa shape index (κ3) is 1.86. The van der Waals surface area contributed by atoms with Gasteiger partial charge in [0.2, 0.25) is 0 Å². The topological polar surface area (TPSA) is 66.4 Å². The van der Waals surface area contributed by atoms with Crippen LogP contribution in [0.15, 0.2) is 23.1 Å². The Balaban J connectivity index is 2.48. The Morgan fingerprint density at radius 1 is 1.50 bits per heavy atom. The monoisotopic (exact) mass is 241 g/mol. The molecule has 16 heavy (non-hydrogen) atoms. The lowest BCUT2D eigenvalue weighted by Gasteiger charge is -2.13. The van der Waals surface area contributed by atoms with Gasteiger partial charge in [-0.05, 0) is 30.7 Å². The van der Waals surface area contributed by atoms with Gasteiger partial charge < -0.3 is 10.4 Å². The van der Waals surface area contributed by atoms with Crippen molar-refractivity contribution in [1.29, 1.82) is 0 Å². The van der Waals surface area contributed by atoms with Gasteiger partial charge in [-0.3, -0.25) is 0 Å². The van der Waals surface area contributed by atoms with Crippen LogP contribution in [0.2, 0.25) is 0 Å². The molecule has 1 atom stereocenters. The van der Waals surface area contributed by atoms with Gasteiger partial charge in [-0.2, -0.15) is 0 Å². The summed E-state index contributed by atoms with van der Waals surface area (Å²) >= 11 is 0. The molecular formula is C11H15NO3S. The summed E-state index contributed by atoms with van der Waals surface area (Å²) in [6.07, 6.45) is -0.137. The van der Waals surface area contributed by atoms with Crippen LogP contribution in [0, 0.1) is 0 Å².